The van der Waals surface area contributed by atoms with E-state index in [1.807, 2.05) is 18.2 Å². The molecule has 13 heavy (non-hydrogen) atoms. The third kappa shape index (κ3) is 1.46. The Balaban J connectivity index is 2.18. The van der Waals surface area contributed by atoms with Crippen molar-refractivity contribution in [1.82, 2.24) is 4.98 Å². The van der Waals surface area contributed by atoms with E-state index in [0.29, 0.717) is 5.69 Å². The summed E-state index contributed by atoms with van der Waals surface area (Å²) in [5, 5.41) is 8.63. The Morgan fingerprint density at radius 2 is 2.31 bits per heavy atom. The Labute approximate surface area is 76.6 Å². The van der Waals surface area contributed by atoms with Crippen LogP contribution < -0.4 is 10.6 Å². The van der Waals surface area contributed by atoms with Gasteiger partial charge >= 0.3 is 0 Å². The summed E-state index contributed by atoms with van der Waals surface area (Å²) >= 11 is 0. The lowest BCUT2D eigenvalue weighted by Crippen LogP contribution is -2.56. The van der Waals surface area contributed by atoms with Gasteiger partial charge < -0.3 is 10.6 Å². The minimum absolute atomic E-state index is 0.257. The van der Waals surface area contributed by atoms with Crippen LogP contribution in [-0.2, 0) is 0 Å². The molecule has 2 rings (SSSR count). The van der Waals surface area contributed by atoms with Gasteiger partial charge in [-0.05, 0) is 12.1 Å². The van der Waals surface area contributed by atoms with E-state index in [1.165, 1.54) is 0 Å². The van der Waals surface area contributed by atoms with Crippen LogP contribution in [0.4, 0.5) is 5.82 Å². The first-order valence-corrected chi connectivity index (χ1v) is 4.17. The van der Waals surface area contributed by atoms with Crippen LogP contribution in [0, 0.1) is 11.3 Å². The minimum Gasteiger partial charge on any atom is -0.353 e. The first-order chi connectivity index (χ1) is 6.29. The summed E-state index contributed by atoms with van der Waals surface area (Å²) in [5.74, 6) is 0.848. The molecular formula is C9H10N4. The van der Waals surface area contributed by atoms with Crippen LogP contribution in [0.25, 0.3) is 0 Å². The van der Waals surface area contributed by atoms with Crippen molar-refractivity contribution in [1.29, 1.82) is 5.26 Å². The fraction of sp³-hybridized carbons (Fsp3) is 0.333. The molecule has 0 aromatic carbocycles. The van der Waals surface area contributed by atoms with E-state index >= 15 is 0 Å². The van der Waals surface area contributed by atoms with Crippen LogP contribution >= 0.6 is 0 Å². The van der Waals surface area contributed by atoms with Crippen LogP contribution in [0.3, 0.4) is 0 Å². The number of nitrogens with zero attached hydrogens (tertiary/aromatic N) is 3. The molecule has 1 aromatic rings. The Kier molecular flexibility index (Phi) is 1.87. The zero-order chi connectivity index (χ0) is 9.26. The van der Waals surface area contributed by atoms with Crippen LogP contribution in [0.15, 0.2) is 18.2 Å². The highest BCUT2D eigenvalue weighted by Crippen LogP contribution is 2.16. The molecule has 0 aliphatic carbocycles. The Morgan fingerprint density at radius 3 is 2.92 bits per heavy atom. The lowest BCUT2D eigenvalue weighted by molar-refractivity contribution is 0.514. The molecule has 1 aromatic heterocycles. The highest BCUT2D eigenvalue weighted by molar-refractivity contribution is 5.44. The molecule has 0 bridgehead atoms. The molecule has 1 saturated heterocycles. The third-order valence-corrected chi connectivity index (χ3v) is 2.08. The van der Waals surface area contributed by atoms with Gasteiger partial charge in [0.15, 0.2) is 0 Å². The molecule has 0 unspecified atom stereocenters. The second kappa shape index (κ2) is 3.04. The maximum Gasteiger partial charge on any atom is 0.142 e. The quantitative estimate of drug-likeness (QED) is 0.655. The zero-order valence-electron chi connectivity index (χ0n) is 7.14. The summed E-state index contributed by atoms with van der Waals surface area (Å²) in [5.41, 5.74) is 6.10. The van der Waals surface area contributed by atoms with Crippen molar-refractivity contribution >= 4 is 5.82 Å². The second-order valence-electron chi connectivity index (χ2n) is 3.16. The fourth-order valence-electron chi connectivity index (χ4n) is 1.36. The number of rotatable bonds is 1. The topological polar surface area (TPSA) is 65.9 Å². The van der Waals surface area contributed by atoms with Gasteiger partial charge in [0.05, 0.1) is 0 Å². The summed E-state index contributed by atoms with van der Waals surface area (Å²) in [6.07, 6.45) is 0. The van der Waals surface area contributed by atoms with Crippen LogP contribution in [-0.4, -0.2) is 24.1 Å². The molecule has 0 spiro atoms. The summed E-state index contributed by atoms with van der Waals surface area (Å²) in [4.78, 5) is 6.22. The van der Waals surface area contributed by atoms with Crippen molar-refractivity contribution in [3.05, 3.63) is 23.9 Å². The van der Waals surface area contributed by atoms with Gasteiger partial charge in [-0.2, -0.15) is 5.26 Å². The average molecular weight is 174 g/mol. The van der Waals surface area contributed by atoms with Gasteiger partial charge in [-0.1, -0.05) is 6.07 Å². The van der Waals surface area contributed by atoms with E-state index in [1.54, 1.807) is 6.07 Å². The van der Waals surface area contributed by atoms with E-state index < -0.39 is 0 Å². The predicted molar refractivity (Wildman–Crippen MR) is 49.1 cm³/mol. The molecule has 4 nitrogen and oxygen atoms in total. The van der Waals surface area contributed by atoms with E-state index in [4.69, 9.17) is 11.0 Å². The number of nitrogens with two attached hydrogens (primary N) is 1. The highest BCUT2D eigenvalue weighted by Gasteiger charge is 2.23. The predicted octanol–water partition coefficient (Wildman–Crippen LogP) is 0.101. The summed E-state index contributed by atoms with van der Waals surface area (Å²) in [6, 6.07) is 7.70. The SMILES string of the molecule is N#Cc1cccc(N2CC(N)C2)n1. The molecular weight excluding hydrogens is 164 g/mol. The van der Waals surface area contributed by atoms with E-state index in [0.717, 1.165) is 18.9 Å². The van der Waals surface area contributed by atoms with Crippen LogP contribution in [0.5, 0.6) is 0 Å². The molecule has 2 heterocycles. The Hall–Kier alpha value is -1.60. The van der Waals surface area contributed by atoms with Crippen molar-refractivity contribution in [2.75, 3.05) is 18.0 Å². The van der Waals surface area contributed by atoms with E-state index in [2.05, 4.69) is 9.88 Å². The summed E-state index contributed by atoms with van der Waals surface area (Å²) < 4.78 is 0. The zero-order valence-corrected chi connectivity index (χ0v) is 7.14. The van der Waals surface area contributed by atoms with Gasteiger partial charge in [0, 0.05) is 19.1 Å². The molecule has 2 N–H and O–H groups in total. The molecule has 0 radical (unpaired) electrons. The molecule has 1 aliphatic heterocycles. The molecule has 4 heteroatoms. The number of pyridine rings is 1. The minimum atomic E-state index is 0.257. The Morgan fingerprint density at radius 1 is 1.54 bits per heavy atom. The molecule has 66 valence electrons. The van der Waals surface area contributed by atoms with E-state index in [-0.39, 0.29) is 6.04 Å². The molecule has 0 amide bonds. The van der Waals surface area contributed by atoms with Crippen molar-refractivity contribution in [3.8, 4) is 6.07 Å². The van der Waals surface area contributed by atoms with Crippen molar-refractivity contribution < 1.29 is 0 Å². The van der Waals surface area contributed by atoms with Gasteiger partial charge in [-0.3, -0.25) is 0 Å². The number of hydrogen-bond acceptors (Lipinski definition) is 4. The van der Waals surface area contributed by atoms with Crippen molar-refractivity contribution in [2.24, 2.45) is 5.73 Å². The van der Waals surface area contributed by atoms with Gasteiger partial charge in [0.1, 0.15) is 17.6 Å². The normalized spacial score (nSPS) is 16.5. The highest BCUT2D eigenvalue weighted by atomic mass is 15.3. The van der Waals surface area contributed by atoms with Crippen molar-refractivity contribution in [2.45, 2.75) is 6.04 Å². The number of nitriles is 1. The number of anilines is 1. The average Bonchev–Trinajstić information content (AvgIpc) is 2.13. The maximum atomic E-state index is 8.63. The van der Waals surface area contributed by atoms with Gasteiger partial charge in [0.25, 0.3) is 0 Å². The fourth-order valence-corrected chi connectivity index (χ4v) is 1.36. The molecule has 0 atom stereocenters. The van der Waals surface area contributed by atoms with Crippen molar-refractivity contribution in [3.63, 3.8) is 0 Å². The monoisotopic (exact) mass is 174 g/mol. The number of aromatic nitrogens is 1. The lowest BCUT2D eigenvalue weighted by atomic mass is 10.1. The Bertz CT molecular complexity index is 349. The molecule has 0 saturated carbocycles. The summed E-state index contributed by atoms with van der Waals surface area (Å²) in [7, 11) is 0. The van der Waals surface area contributed by atoms with E-state index in [9.17, 15) is 0 Å². The second-order valence-corrected chi connectivity index (χ2v) is 3.16. The standard InChI is InChI=1S/C9H10N4/c10-4-8-2-1-3-9(12-8)13-5-7(11)6-13/h1-3,7H,5-6,11H2. The smallest absolute Gasteiger partial charge is 0.142 e. The van der Waals surface area contributed by atoms with Crippen LogP contribution in [0.2, 0.25) is 0 Å². The van der Waals surface area contributed by atoms with Crippen LogP contribution in [0.1, 0.15) is 5.69 Å². The van der Waals surface area contributed by atoms with Gasteiger partial charge in [-0.15, -0.1) is 0 Å². The summed E-state index contributed by atoms with van der Waals surface area (Å²) in [6.45, 7) is 1.67. The third-order valence-electron chi connectivity index (χ3n) is 2.08. The van der Waals surface area contributed by atoms with Gasteiger partial charge in [0.2, 0.25) is 0 Å². The maximum absolute atomic E-state index is 8.63. The molecule has 1 aliphatic rings. The first-order valence-electron chi connectivity index (χ1n) is 4.17. The lowest BCUT2D eigenvalue weighted by Gasteiger charge is -2.37. The largest absolute Gasteiger partial charge is 0.353 e. The van der Waals surface area contributed by atoms with Gasteiger partial charge in [-0.25, -0.2) is 4.98 Å². The number of hydrogen-bond donors (Lipinski definition) is 1. The first kappa shape index (κ1) is 8.02. The molecule has 1 fully saturated rings.